The van der Waals surface area contributed by atoms with Crippen molar-refractivity contribution in [2.75, 3.05) is 24.1 Å². The van der Waals surface area contributed by atoms with Gasteiger partial charge >= 0.3 is 6.03 Å². The van der Waals surface area contributed by atoms with Gasteiger partial charge in [-0.2, -0.15) is 0 Å². The summed E-state index contributed by atoms with van der Waals surface area (Å²) in [7, 11) is 0. The van der Waals surface area contributed by atoms with Crippen molar-refractivity contribution in [3.63, 3.8) is 0 Å². The maximum Gasteiger partial charge on any atom is 0.321 e. The fourth-order valence-electron chi connectivity index (χ4n) is 2.12. The van der Waals surface area contributed by atoms with Gasteiger partial charge in [0.1, 0.15) is 0 Å². The minimum absolute atomic E-state index is 0.0501. The van der Waals surface area contributed by atoms with E-state index in [1.807, 2.05) is 17.0 Å². The molecule has 0 aromatic heterocycles. The molecule has 0 radical (unpaired) electrons. The number of hydrogen-bond acceptors (Lipinski definition) is 2. The Balaban J connectivity index is 2.01. The van der Waals surface area contributed by atoms with E-state index in [1.165, 1.54) is 12.8 Å². The summed E-state index contributed by atoms with van der Waals surface area (Å²) in [5.41, 5.74) is 7.12. The second kappa shape index (κ2) is 6.09. The summed E-state index contributed by atoms with van der Waals surface area (Å²) in [6.07, 6.45) is 4.60. The molecule has 1 fully saturated rings. The Bertz CT molecular complexity index is 428. The topological polar surface area (TPSA) is 58.4 Å². The molecule has 4 nitrogen and oxygen atoms in total. The predicted octanol–water partition coefficient (Wildman–Crippen LogP) is 3.44. The monoisotopic (exact) mass is 311 g/mol. The number of benzene rings is 1. The lowest BCUT2D eigenvalue weighted by Gasteiger charge is -2.21. The number of halogens is 1. The van der Waals surface area contributed by atoms with Crippen molar-refractivity contribution in [2.45, 2.75) is 25.7 Å². The van der Waals surface area contributed by atoms with Gasteiger partial charge in [-0.3, -0.25) is 0 Å². The Labute approximate surface area is 116 Å². The van der Waals surface area contributed by atoms with Gasteiger partial charge in [-0.05, 0) is 31.0 Å². The van der Waals surface area contributed by atoms with E-state index in [0.29, 0.717) is 11.4 Å². The highest BCUT2D eigenvalue weighted by Crippen LogP contribution is 2.23. The first-order chi connectivity index (χ1) is 8.66. The van der Waals surface area contributed by atoms with Gasteiger partial charge in [-0.1, -0.05) is 28.8 Å². The Morgan fingerprint density at radius 2 is 1.89 bits per heavy atom. The Hall–Kier alpha value is -1.23. The predicted molar refractivity (Wildman–Crippen MR) is 77.6 cm³/mol. The van der Waals surface area contributed by atoms with E-state index >= 15 is 0 Å². The first kappa shape index (κ1) is 13.2. The van der Waals surface area contributed by atoms with Crippen LogP contribution < -0.4 is 11.1 Å². The van der Waals surface area contributed by atoms with Gasteiger partial charge in [0, 0.05) is 17.6 Å². The van der Waals surface area contributed by atoms with Gasteiger partial charge in [0.05, 0.1) is 11.4 Å². The Morgan fingerprint density at radius 1 is 1.22 bits per heavy atom. The zero-order valence-corrected chi connectivity index (χ0v) is 11.9. The maximum atomic E-state index is 12.1. The number of nitrogens with one attached hydrogen (secondary N) is 1. The third kappa shape index (κ3) is 3.38. The van der Waals surface area contributed by atoms with Gasteiger partial charge < -0.3 is 16.0 Å². The van der Waals surface area contributed by atoms with Gasteiger partial charge in [0.25, 0.3) is 0 Å². The molecule has 98 valence electrons. The van der Waals surface area contributed by atoms with E-state index in [4.69, 9.17) is 5.73 Å². The summed E-state index contributed by atoms with van der Waals surface area (Å²) in [4.78, 5) is 14.0. The van der Waals surface area contributed by atoms with Crippen LogP contribution in [0, 0.1) is 0 Å². The molecule has 0 spiro atoms. The zero-order chi connectivity index (χ0) is 13.0. The van der Waals surface area contributed by atoms with Crippen LogP contribution in [0.5, 0.6) is 0 Å². The van der Waals surface area contributed by atoms with Crippen LogP contribution in [-0.4, -0.2) is 24.0 Å². The molecule has 0 bridgehead atoms. The number of urea groups is 1. The second-order valence-corrected chi connectivity index (χ2v) is 5.48. The summed E-state index contributed by atoms with van der Waals surface area (Å²) in [6, 6.07) is 5.42. The summed E-state index contributed by atoms with van der Waals surface area (Å²) < 4.78 is 0.910. The normalized spacial score (nSPS) is 16.2. The summed E-state index contributed by atoms with van der Waals surface area (Å²) in [5.74, 6) is 0. The van der Waals surface area contributed by atoms with Gasteiger partial charge in [0.15, 0.2) is 0 Å². The van der Waals surface area contributed by atoms with Crippen molar-refractivity contribution < 1.29 is 4.79 Å². The van der Waals surface area contributed by atoms with Crippen LogP contribution in [0.1, 0.15) is 25.7 Å². The van der Waals surface area contributed by atoms with Crippen molar-refractivity contribution in [3.8, 4) is 0 Å². The molecule has 2 amide bonds. The quantitative estimate of drug-likeness (QED) is 0.780. The number of nitrogen functional groups attached to an aromatic ring is 1. The van der Waals surface area contributed by atoms with E-state index in [0.717, 1.165) is 30.4 Å². The summed E-state index contributed by atoms with van der Waals surface area (Å²) in [6.45, 7) is 1.67. The number of nitrogens with two attached hydrogens (primary N) is 1. The van der Waals surface area contributed by atoms with E-state index in [1.54, 1.807) is 6.07 Å². The molecular formula is C13H18BrN3O. The van der Waals surface area contributed by atoms with Crippen LogP contribution in [0.2, 0.25) is 0 Å². The minimum atomic E-state index is -0.0501. The van der Waals surface area contributed by atoms with Crippen LogP contribution in [0.15, 0.2) is 22.7 Å². The highest BCUT2D eigenvalue weighted by Gasteiger charge is 2.16. The fraction of sp³-hybridized carbons (Fsp3) is 0.462. The van der Waals surface area contributed by atoms with E-state index in [9.17, 15) is 4.79 Å². The lowest BCUT2D eigenvalue weighted by Crippen LogP contribution is -2.35. The Kier molecular flexibility index (Phi) is 4.47. The largest absolute Gasteiger partial charge is 0.397 e. The van der Waals surface area contributed by atoms with Crippen molar-refractivity contribution in [1.82, 2.24) is 4.90 Å². The minimum Gasteiger partial charge on any atom is -0.397 e. The van der Waals surface area contributed by atoms with E-state index in [2.05, 4.69) is 21.2 Å². The SMILES string of the molecule is Nc1cc(Br)ccc1NC(=O)N1CCCCCC1. The van der Waals surface area contributed by atoms with Crippen molar-refractivity contribution in [1.29, 1.82) is 0 Å². The number of hydrogen-bond donors (Lipinski definition) is 2. The summed E-state index contributed by atoms with van der Waals surface area (Å²) >= 11 is 3.35. The van der Waals surface area contributed by atoms with Crippen LogP contribution >= 0.6 is 15.9 Å². The smallest absolute Gasteiger partial charge is 0.321 e. The van der Waals surface area contributed by atoms with E-state index < -0.39 is 0 Å². The molecule has 0 saturated carbocycles. The van der Waals surface area contributed by atoms with Crippen molar-refractivity contribution in [2.24, 2.45) is 0 Å². The molecule has 1 aromatic rings. The molecule has 0 unspecified atom stereocenters. The second-order valence-electron chi connectivity index (χ2n) is 4.56. The number of likely N-dealkylation sites (tertiary alicyclic amines) is 1. The molecule has 1 saturated heterocycles. The first-order valence-electron chi connectivity index (χ1n) is 6.28. The summed E-state index contributed by atoms with van der Waals surface area (Å²) in [5, 5.41) is 2.88. The number of anilines is 2. The van der Waals surface area contributed by atoms with Crippen LogP contribution in [0.3, 0.4) is 0 Å². The number of carbonyl (C=O) groups excluding carboxylic acids is 1. The third-order valence-electron chi connectivity index (χ3n) is 3.15. The van der Waals surface area contributed by atoms with Crippen LogP contribution in [-0.2, 0) is 0 Å². The number of carbonyl (C=O) groups is 1. The molecular weight excluding hydrogens is 294 g/mol. The molecule has 0 atom stereocenters. The van der Waals surface area contributed by atoms with Gasteiger partial charge in [-0.25, -0.2) is 4.79 Å². The highest BCUT2D eigenvalue weighted by atomic mass is 79.9. The maximum absolute atomic E-state index is 12.1. The van der Waals surface area contributed by atoms with Crippen molar-refractivity contribution >= 4 is 33.3 Å². The molecule has 3 N–H and O–H groups in total. The van der Waals surface area contributed by atoms with Crippen molar-refractivity contribution in [3.05, 3.63) is 22.7 Å². The molecule has 2 rings (SSSR count). The highest BCUT2D eigenvalue weighted by molar-refractivity contribution is 9.10. The molecule has 1 aliphatic rings. The Morgan fingerprint density at radius 3 is 2.50 bits per heavy atom. The molecule has 1 aliphatic heterocycles. The van der Waals surface area contributed by atoms with Crippen LogP contribution in [0.25, 0.3) is 0 Å². The molecule has 5 heteroatoms. The molecule has 1 aromatic carbocycles. The van der Waals surface area contributed by atoms with Crippen LogP contribution in [0.4, 0.5) is 16.2 Å². The van der Waals surface area contributed by atoms with Gasteiger partial charge in [0.2, 0.25) is 0 Å². The standard InChI is InChI=1S/C13H18BrN3O/c14-10-5-6-12(11(15)9-10)16-13(18)17-7-3-1-2-4-8-17/h5-6,9H,1-4,7-8,15H2,(H,16,18). The molecule has 0 aliphatic carbocycles. The molecule has 18 heavy (non-hydrogen) atoms. The number of amides is 2. The zero-order valence-electron chi connectivity index (χ0n) is 10.3. The third-order valence-corrected chi connectivity index (χ3v) is 3.64. The average Bonchev–Trinajstić information content (AvgIpc) is 2.61. The lowest BCUT2D eigenvalue weighted by molar-refractivity contribution is 0.214. The average molecular weight is 312 g/mol. The number of rotatable bonds is 1. The van der Waals surface area contributed by atoms with Gasteiger partial charge in [-0.15, -0.1) is 0 Å². The van der Waals surface area contributed by atoms with E-state index in [-0.39, 0.29) is 6.03 Å². The lowest BCUT2D eigenvalue weighted by atomic mass is 10.2. The number of nitrogens with zero attached hydrogens (tertiary/aromatic N) is 1. The first-order valence-corrected chi connectivity index (χ1v) is 7.07. The fourth-order valence-corrected chi connectivity index (χ4v) is 2.49. The molecule has 1 heterocycles.